The van der Waals surface area contributed by atoms with Crippen LogP contribution < -0.4 is 5.14 Å². The van der Waals surface area contributed by atoms with E-state index < -0.39 is 31.2 Å². The number of nitrogens with zero attached hydrogens (tertiary/aromatic N) is 1. The summed E-state index contributed by atoms with van der Waals surface area (Å²) in [7, 11) is -7.64. The number of primary sulfonamides is 1. The monoisotopic (exact) mass is 434 g/mol. The van der Waals surface area contributed by atoms with Gasteiger partial charge in [-0.15, -0.1) is 11.3 Å². The minimum absolute atomic E-state index is 0.0326. The maximum absolute atomic E-state index is 13.1. The van der Waals surface area contributed by atoms with E-state index in [1.54, 1.807) is 11.8 Å². The zero-order chi connectivity index (χ0) is 20.0. The van der Waals surface area contributed by atoms with Gasteiger partial charge >= 0.3 is 0 Å². The third-order valence-electron chi connectivity index (χ3n) is 5.64. The molecule has 1 aliphatic heterocycles. The fourth-order valence-corrected chi connectivity index (χ4v) is 8.52. The summed E-state index contributed by atoms with van der Waals surface area (Å²) in [6.07, 6.45) is 5.18. The Kier molecular flexibility index (Phi) is 5.73. The van der Waals surface area contributed by atoms with Gasteiger partial charge in [0.2, 0.25) is 15.9 Å². The van der Waals surface area contributed by atoms with Crippen LogP contribution in [0.2, 0.25) is 0 Å². The van der Waals surface area contributed by atoms with Gasteiger partial charge in [-0.3, -0.25) is 4.79 Å². The summed E-state index contributed by atoms with van der Waals surface area (Å²) in [6, 6.07) is 0.907. The highest BCUT2D eigenvalue weighted by atomic mass is 32.3. The normalized spacial score (nSPS) is 25.7. The van der Waals surface area contributed by atoms with E-state index in [0.717, 1.165) is 32.1 Å². The van der Waals surface area contributed by atoms with E-state index in [1.165, 1.54) is 6.07 Å². The van der Waals surface area contributed by atoms with Crippen LogP contribution in [0, 0.1) is 5.92 Å². The number of amides is 1. The van der Waals surface area contributed by atoms with Crippen LogP contribution in [0.1, 0.15) is 64.0 Å². The average Bonchev–Trinajstić information content (AvgIpc) is 3.08. The highest BCUT2D eigenvalue weighted by Gasteiger charge is 2.43. The van der Waals surface area contributed by atoms with Crippen LogP contribution in [-0.4, -0.2) is 39.4 Å². The second-order valence-corrected chi connectivity index (χ2v) is 12.8. The van der Waals surface area contributed by atoms with Gasteiger partial charge in [-0.05, 0) is 39.2 Å². The molecule has 7 nitrogen and oxygen atoms in total. The fourth-order valence-electron chi connectivity index (χ4n) is 4.12. The van der Waals surface area contributed by atoms with E-state index in [4.69, 9.17) is 5.14 Å². The van der Waals surface area contributed by atoms with Gasteiger partial charge in [0.25, 0.3) is 0 Å². The van der Waals surface area contributed by atoms with Crippen LogP contribution in [0.15, 0.2) is 14.5 Å². The maximum Gasteiger partial charge on any atom is 0.247 e. The molecule has 1 saturated carbocycles. The van der Waals surface area contributed by atoms with Crippen molar-refractivity contribution < 1.29 is 21.6 Å². The average molecular weight is 435 g/mol. The lowest BCUT2D eigenvalue weighted by molar-refractivity contribution is -0.139. The Labute approximate surface area is 164 Å². The first kappa shape index (κ1) is 20.8. The minimum Gasteiger partial charge on any atom is -0.336 e. The van der Waals surface area contributed by atoms with Crippen molar-refractivity contribution in [3.63, 3.8) is 0 Å². The second kappa shape index (κ2) is 7.46. The fraction of sp³-hybridized carbons (Fsp3) is 0.706. The molecule has 0 bridgehead atoms. The standard InChI is InChI=1S/C17H26N2O5S3/c1-3-19(16(20)12-7-5-4-6-8-12)14-9-11(2)26(21,22)17-13(14)10-15(25-17)27(18,23)24/h10-12,14H,3-9H2,1-2H3,(H2,18,23,24)/t11-,14-/m0/s1. The number of rotatable bonds is 4. The van der Waals surface area contributed by atoms with Gasteiger partial charge in [-0.1, -0.05) is 19.3 Å². The van der Waals surface area contributed by atoms with Crippen molar-refractivity contribution in [1.82, 2.24) is 4.90 Å². The van der Waals surface area contributed by atoms with Crippen LogP contribution in [0.5, 0.6) is 0 Å². The molecule has 0 radical (unpaired) electrons. The molecule has 0 aromatic carbocycles. The van der Waals surface area contributed by atoms with Gasteiger partial charge in [0, 0.05) is 18.0 Å². The molecule has 0 saturated heterocycles. The van der Waals surface area contributed by atoms with Crippen molar-refractivity contribution in [1.29, 1.82) is 0 Å². The lowest BCUT2D eigenvalue weighted by Gasteiger charge is -2.38. The summed E-state index contributed by atoms with van der Waals surface area (Å²) in [5.74, 6) is 0.00957. The van der Waals surface area contributed by atoms with Crippen LogP contribution in [0.4, 0.5) is 0 Å². The topological polar surface area (TPSA) is 115 Å². The Hall–Kier alpha value is -0.970. The molecule has 10 heteroatoms. The first-order chi connectivity index (χ1) is 12.6. The smallest absolute Gasteiger partial charge is 0.247 e. The number of nitrogens with two attached hydrogens (primary N) is 1. The minimum atomic E-state index is -4.01. The van der Waals surface area contributed by atoms with E-state index in [1.807, 2.05) is 6.92 Å². The first-order valence-corrected chi connectivity index (χ1v) is 13.2. The molecule has 2 atom stereocenters. The zero-order valence-electron chi connectivity index (χ0n) is 15.5. The molecule has 2 N–H and O–H groups in total. The number of hydrogen-bond acceptors (Lipinski definition) is 6. The van der Waals surface area contributed by atoms with Crippen LogP contribution >= 0.6 is 11.3 Å². The van der Waals surface area contributed by atoms with Gasteiger partial charge in [0.05, 0.1) is 11.3 Å². The third kappa shape index (κ3) is 3.81. The van der Waals surface area contributed by atoms with E-state index >= 15 is 0 Å². The van der Waals surface area contributed by atoms with Gasteiger partial charge < -0.3 is 4.90 Å². The molecule has 1 amide bonds. The first-order valence-electron chi connectivity index (χ1n) is 9.28. The van der Waals surface area contributed by atoms with Crippen molar-refractivity contribution >= 4 is 37.1 Å². The predicted molar refractivity (Wildman–Crippen MR) is 104 cm³/mol. The number of fused-ring (bicyclic) bond motifs is 1. The molecule has 1 aromatic rings. The molecule has 2 aliphatic rings. The Morgan fingerprint density at radius 3 is 2.48 bits per heavy atom. The highest BCUT2D eigenvalue weighted by Crippen LogP contribution is 2.45. The summed E-state index contributed by atoms with van der Waals surface area (Å²) in [4.78, 5) is 14.9. The number of carbonyl (C=O) groups excluding carboxylic acids is 1. The van der Waals surface area contributed by atoms with Crippen molar-refractivity contribution in [3.8, 4) is 0 Å². The van der Waals surface area contributed by atoms with Crippen molar-refractivity contribution in [2.24, 2.45) is 11.1 Å². The van der Waals surface area contributed by atoms with Crippen molar-refractivity contribution in [3.05, 3.63) is 11.6 Å². The molecule has 152 valence electrons. The Bertz CT molecular complexity index is 930. The molecule has 1 aliphatic carbocycles. The number of hydrogen-bond donors (Lipinski definition) is 1. The van der Waals surface area contributed by atoms with Crippen molar-refractivity contribution in [2.75, 3.05) is 6.54 Å². The summed E-state index contributed by atoms with van der Waals surface area (Å²) < 4.78 is 48.9. The summed E-state index contributed by atoms with van der Waals surface area (Å²) in [5, 5.41) is 4.55. The number of sulfone groups is 1. The van der Waals surface area contributed by atoms with E-state index in [2.05, 4.69) is 0 Å². The summed E-state index contributed by atoms with van der Waals surface area (Å²) in [5.41, 5.74) is 0.396. The molecule has 2 heterocycles. The van der Waals surface area contributed by atoms with E-state index in [-0.39, 0.29) is 26.7 Å². The molecular formula is C17H26N2O5S3. The Morgan fingerprint density at radius 2 is 1.93 bits per heavy atom. The van der Waals surface area contributed by atoms with Crippen molar-refractivity contribution in [2.45, 2.75) is 72.1 Å². The second-order valence-electron chi connectivity index (χ2n) is 7.42. The molecule has 3 rings (SSSR count). The van der Waals surface area contributed by atoms with Crippen LogP contribution in [-0.2, 0) is 24.7 Å². The molecule has 0 unspecified atom stereocenters. The van der Waals surface area contributed by atoms with Gasteiger partial charge in [0.1, 0.15) is 8.42 Å². The number of sulfonamides is 1. The SMILES string of the molecule is CCN(C(=O)C1CCCCC1)[C@H]1C[C@H](C)S(=O)(=O)c2sc(S(N)(=O)=O)cc21. The Morgan fingerprint density at radius 1 is 1.30 bits per heavy atom. The largest absolute Gasteiger partial charge is 0.336 e. The van der Waals surface area contributed by atoms with E-state index in [9.17, 15) is 21.6 Å². The molecule has 1 aromatic heterocycles. The quantitative estimate of drug-likeness (QED) is 0.781. The number of carbonyl (C=O) groups is 1. The summed E-state index contributed by atoms with van der Waals surface area (Å²) in [6.45, 7) is 3.94. The van der Waals surface area contributed by atoms with Crippen LogP contribution in [0.3, 0.4) is 0 Å². The molecule has 27 heavy (non-hydrogen) atoms. The predicted octanol–water partition coefficient (Wildman–Crippen LogP) is 2.43. The molecular weight excluding hydrogens is 408 g/mol. The lowest BCUT2D eigenvalue weighted by Crippen LogP contribution is -2.43. The van der Waals surface area contributed by atoms with Gasteiger partial charge in [0.15, 0.2) is 9.84 Å². The third-order valence-corrected chi connectivity index (χ3v) is 11.0. The van der Waals surface area contributed by atoms with E-state index in [0.29, 0.717) is 23.4 Å². The highest BCUT2D eigenvalue weighted by molar-refractivity contribution is 7.95. The maximum atomic E-state index is 13.1. The van der Waals surface area contributed by atoms with Gasteiger partial charge in [-0.2, -0.15) is 0 Å². The lowest BCUT2D eigenvalue weighted by atomic mass is 9.87. The molecule has 1 fully saturated rings. The number of thiophene rings is 1. The summed E-state index contributed by atoms with van der Waals surface area (Å²) >= 11 is 0.693. The van der Waals surface area contributed by atoms with Gasteiger partial charge in [-0.25, -0.2) is 22.0 Å². The molecule has 0 spiro atoms. The Balaban J connectivity index is 2.05. The zero-order valence-corrected chi connectivity index (χ0v) is 18.0. The van der Waals surface area contributed by atoms with Crippen LogP contribution in [0.25, 0.3) is 0 Å².